The van der Waals surface area contributed by atoms with E-state index in [1.54, 1.807) is 7.11 Å². The van der Waals surface area contributed by atoms with Gasteiger partial charge in [-0.2, -0.15) is 0 Å². The van der Waals surface area contributed by atoms with E-state index in [2.05, 4.69) is 0 Å². The highest BCUT2D eigenvalue weighted by atomic mass is 16.5. The molecular weight excluding hydrogens is 382 g/mol. The van der Waals surface area contributed by atoms with Crippen LogP contribution in [0.15, 0.2) is 109 Å². The molecule has 1 atom stereocenters. The lowest BCUT2D eigenvalue weighted by atomic mass is 9.54. The highest BCUT2D eigenvalue weighted by Gasteiger charge is 2.25. The monoisotopic (exact) mass is 406 g/mol. The van der Waals surface area contributed by atoms with Gasteiger partial charge in [0.2, 0.25) is 0 Å². The highest BCUT2D eigenvalue weighted by Crippen LogP contribution is 2.24. The molecule has 0 radical (unpaired) electrons. The lowest BCUT2D eigenvalue weighted by Crippen LogP contribution is -2.44. The van der Waals surface area contributed by atoms with Crippen LogP contribution in [0.2, 0.25) is 0 Å². The number of rotatable bonds is 7. The number of hydrogen-bond acceptors (Lipinski definition) is 3. The Kier molecular flexibility index (Phi) is 6.68. The summed E-state index contributed by atoms with van der Waals surface area (Å²) in [6.45, 7) is -1.42. The fourth-order valence-electron chi connectivity index (χ4n) is 3.94. The minimum Gasteiger partial charge on any atom is -0.443 e. The Morgan fingerprint density at radius 3 is 1.65 bits per heavy atom. The molecule has 5 heteroatoms. The molecule has 0 aromatic heterocycles. The Balaban J connectivity index is 1.64. The summed E-state index contributed by atoms with van der Waals surface area (Å²) in [6.07, 6.45) is -0.336. The zero-order chi connectivity index (χ0) is 21.6. The Hall–Kier alpha value is -3.11. The van der Waals surface area contributed by atoms with E-state index in [1.165, 1.54) is 0 Å². The van der Waals surface area contributed by atoms with Crippen molar-refractivity contribution in [2.45, 2.75) is 6.10 Å². The second-order valence-electron chi connectivity index (χ2n) is 7.54. The van der Waals surface area contributed by atoms with Crippen molar-refractivity contribution in [3.8, 4) is 0 Å². The molecule has 3 nitrogen and oxygen atoms in total. The lowest BCUT2D eigenvalue weighted by molar-refractivity contribution is 0.137. The van der Waals surface area contributed by atoms with Crippen LogP contribution in [0.4, 0.5) is 0 Å². The van der Waals surface area contributed by atoms with E-state index in [0.29, 0.717) is 0 Å². The molecule has 0 aliphatic heterocycles. The van der Waals surface area contributed by atoms with Crippen LogP contribution in [0.1, 0.15) is 17.2 Å². The van der Waals surface area contributed by atoms with Crippen LogP contribution < -0.4 is 21.9 Å². The van der Waals surface area contributed by atoms with Crippen molar-refractivity contribution in [2.75, 3.05) is 7.11 Å². The van der Waals surface area contributed by atoms with Gasteiger partial charge in [-0.05, 0) is 33.0 Å². The van der Waals surface area contributed by atoms with E-state index < -0.39 is 13.8 Å². The first-order valence-electron chi connectivity index (χ1n) is 10.4. The van der Waals surface area contributed by atoms with Gasteiger partial charge in [0, 0.05) is 7.11 Å². The maximum absolute atomic E-state index is 11.0. The van der Waals surface area contributed by atoms with E-state index in [9.17, 15) is 10.0 Å². The summed E-state index contributed by atoms with van der Waals surface area (Å²) in [5.41, 5.74) is 5.20. The molecule has 31 heavy (non-hydrogen) atoms. The van der Waals surface area contributed by atoms with Gasteiger partial charge in [0.15, 0.2) is 0 Å². The summed E-state index contributed by atoms with van der Waals surface area (Å²) < 4.78 is 5.86. The van der Waals surface area contributed by atoms with Crippen LogP contribution in [0.3, 0.4) is 0 Å². The molecule has 0 saturated heterocycles. The SMILES string of the molecule is COC(c1ccc(B(O)c2ccccc2)cc1)c1ccccc1B(O)c1ccccc1. The molecule has 152 valence electrons. The third kappa shape index (κ3) is 4.64. The highest BCUT2D eigenvalue weighted by molar-refractivity contribution is 6.79. The third-order valence-corrected chi connectivity index (χ3v) is 5.59. The topological polar surface area (TPSA) is 49.7 Å². The molecule has 0 aliphatic rings. The average Bonchev–Trinajstić information content (AvgIpc) is 2.85. The number of hydrogen-bond donors (Lipinski definition) is 2. The summed E-state index contributed by atoms with van der Waals surface area (Å²) >= 11 is 0. The van der Waals surface area contributed by atoms with Gasteiger partial charge in [-0.25, -0.2) is 0 Å². The van der Waals surface area contributed by atoms with Gasteiger partial charge in [-0.1, -0.05) is 109 Å². The molecule has 0 spiro atoms. The normalized spacial score (nSPS) is 11.7. The largest absolute Gasteiger partial charge is 0.443 e. The van der Waals surface area contributed by atoms with Crippen molar-refractivity contribution >= 4 is 35.7 Å². The standard InChI is InChI=1S/C26H24B2O3/c1-31-26(20-16-18-23(19-17-20)27(29)21-10-4-2-5-11-21)24-14-8-9-15-25(24)28(30)22-12-6-3-7-13-22/h2-19,26,29-30H,1H3. The van der Waals surface area contributed by atoms with Gasteiger partial charge in [0.05, 0.1) is 0 Å². The van der Waals surface area contributed by atoms with Crippen LogP contribution in [-0.2, 0) is 4.74 Å². The fraction of sp³-hybridized carbons (Fsp3) is 0.0769. The Labute approximate surface area is 184 Å². The maximum Gasteiger partial charge on any atom is 0.359 e. The third-order valence-electron chi connectivity index (χ3n) is 5.59. The first kappa shape index (κ1) is 21.1. The van der Waals surface area contributed by atoms with E-state index >= 15 is 0 Å². The quantitative estimate of drug-likeness (QED) is 0.459. The molecule has 0 heterocycles. The van der Waals surface area contributed by atoms with Gasteiger partial charge < -0.3 is 14.8 Å². The van der Waals surface area contributed by atoms with E-state index in [0.717, 1.165) is 33.0 Å². The van der Waals surface area contributed by atoms with Gasteiger partial charge >= 0.3 is 13.8 Å². The Bertz CT molecular complexity index is 1100. The molecule has 4 rings (SSSR count). The lowest BCUT2D eigenvalue weighted by Gasteiger charge is -2.22. The zero-order valence-corrected chi connectivity index (χ0v) is 17.4. The van der Waals surface area contributed by atoms with E-state index in [4.69, 9.17) is 4.74 Å². The minimum atomic E-state index is -0.741. The molecule has 0 amide bonds. The number of methoxy groups -OCH3 is 1. The van der Waals surface area contributed by atoms with Crippen LogP contribution in [0, 0.1) is 0 Å². The predicted molar refractivity (Wildman–Crippen MR) is 129 cm³/mol. The summed E-state index contributed by atoms with van der Waals surface area (Å²) in [5.74, 6) is 0. The summed E-state index contributed by atoms with van der Waals surface area (Å²) in [4.78, 5) is 0. The van der Waals surface area contributed by atoms with Crippen molar-refractivity contribution in [1.82, 2.24) is 0 Å². The fourth-order valence-corrected chi connectivity index (χ4v) is 3.94. The first-order valence-corrected chi connectivity index (χ1v) is 10.4. The van der Waals surface area contributed by atoms with Crippen LogP contribution >= 0.6 is 0 Å². The van der Waals surface area contributed by atoms with E-state index in [-0.39, 0.29) is 6.10 Å². The van der Waals surface area contributed by atoms with Crippen molar-refractivity contribution in [2.24, 2.45) is 0 Å². The summed E-state index contributed by atoms with van der Waals surface area (Å²) in [6, 6.07) is 34.8. The van der Waals surface area contributed by atoms with Gasteiger partial charge in [-0.15, -0.1) is 0 Å². The molecule has 2 N–H and O–H groups in total. The second kappa shape index (κ2) is 9.80. The molecule has 0 aliphatic carbocycles. The molecule has 0 bridgehead atoms. The molecular formula is C26H24B2O3. The molecule has 4 aromatic carbocycles. The predicted octanol–water partition coefficient (Wildman–Crippen LogP) is 1.62. The average molecular weight is 406 g/mol. The zero-order valence-electron chi connectivity index (χ0n) is 17.4. The van der Waals surface area contributed by atoms with Crippen LogP contribution in [0.25, 0.3) is 0 Å². The van der Waals surface area contributed by atoms with Crippen molar-refractivity contribution in [1.29, 1.82) is 0 Å². The molecule has 1 unspecified atom stereocenters. The van der Waals surface area contributed by atoms with Gasteiger partial charge in [0.25, 0.3) is 0 Å². The molecule has 0 saturated carbocycles. The Morgan fingerprint density at radius 2 is 1.06 bits per heavy atom. The maximum atomic E-state index is 11.0. The minimum absolute atomic E-state index is 0.336. The van der Waals surface area contributed by atoms with E-state index in [1.807, 2.05) is 109 Å². The van der Waals surface area contributed by atoms with Gasteiger partial charge in [0.1, 0.15) is 6.10 Å². The van der Waals surface area contributed by atoms with Crippen LogP contribution in [-0.4, -0.2) is 31.0 Å². The second-order valence-corrected chi connectivity index (χ2v) is 7.54. The number of benzene rings is 4. The van der Waals surface area contributed by atoms with Crippen molar-refractivity contribution < 1.29 is 14.8 Å². The summed E-state index contributed by atoms with van der Waals surface area (Å²) in [7, 11) is 1.67. The smallest absolute Gasteiger partial charge is 0.359 e. The Morgan fingerprint density at radius 1 is 0.581 bits per heavy atom. The van der Waals surface area contributed by atoms with Crippen molar-refractivity contribution in [3.63, 3.8) is 0 Å². The van der Waals surface area contributed by atoms with Gasteiger partial charge in [-0.3, -0.25) is 0 Å². The molecule has 4 aromatic rings. The summed E-state index contributed by atoms with van der Waals surface area (Å²) in [5, 5.41) is 21.7. The van der Waals surface area contributed by atoms with Crippen LogP contribution in [0.5, 0.6) is 0 Å². The van der Waals surface area contributed by atoms with Crippen molar-refractivity contribution in [3.05, 3.63) is 120 Å². The first-order chi connectivity index (χ1) is 15.2. The number of ether oxygens (including phenoxy) is 1. The molecule has 0 fully saturated rings.